The molecule has 0 radical (unpaired) electrons. The summed E-state index contributed by atoms with van der Waals surface area (Å²) in [6.07, 6.45) is 0. The summed E-state index contributed by atoms with van der Waals surface area (Å²) in [6, 6.07) is 11.9. The van der Waals surface area contributed by atoms with Crippen LogP contribution in [0, 0.1) is 3.57 Å². The molecular weight excluding hydrogens is 381 g/mol. The summed E-state index contributed by atoms with van der Waals surface area (Å²) in [7, 11) is 4.91. The van der Waals surface area contributed by atoms with Crippen molar-refractivity contribution in [2.24, 2.45) is 0 Å². The van der Waals surface area contributed by atoms with Crippen molar-refractivity contribution in [2.45, 2.75) is 6.54 Å². The van der Waals surface area contributed by atoms with Crippen molar-refractivity contribution in [3.63, 3.8) is 0 Å². The number of hydrogen-bond acceptors (Lipinski definition) is 4. The number of halogens is 1. The molecule has 0 aliphatic carbocycles. The van der Waals surface area contributed by atoms with Crippen LogP contribution in [-0.2, 0) is 6.54 Å². The van der Waals surface area contributed by atoms with Gasteiger partial charge < -0.3 is 19.5 Å². The normalized spacial score (nSPS) is 10.1. The summed E-state index contributed by atoms with van der Waals surface area (Å²) in [5.74, 6) is 2.19. The van der Waals surface area contributed by atoms with Crippen LogP contribution in [-0.4, -0.2) is 21.3 Å². The molecule has 0 fully saturated rings. The molecule has 0 saturated carbocycles. The molecule has 1 N–H and O–H groups in total. The van der Waals surface area contributed by atoms with E-state index < -0.39 is 0 Å². The summed E-state index contributed by atoms with van der Waals surface area (Å²) in [5, 5.41) is 3.37. The molecule has 0 aliphatic rings. The van der Waals surface area contributed by atoms with E-state index >= 15 is 0 Å². The maximum atomic E-state index is 5.44. The molecule has 4 nitrogen and oxygen atoms in total. The van der Waals surface area contributed by atoms with Crippen molar-refractivity contribution in [1.82, 2.24) is 0 Å². The first-order chi connectivity index (χ1) is 10.2. The van der Waals surface area contributed by atoms with Crippen molar-refractivity contribution in [3.8, 4) is 17.2 Å². The number of methoxy groups -OCH3 is 3. The van der Waals surface area contributed by atoms with Gasteiger partial charge in [0.2, 0.25) is 0 Å². The van der Waals surface area contributed by atoms with Gasteiger partial charge in [0.15, 0.2) is 0 Å². The molecule has 0 heterocycles. The molecule has 0 unspecified atom stereocenters. The second kappa shape index (κ2) is 7.40. The predicted octanol–water partition coefficient (Wildman–Crippen LogP) is 3.93. The van der Waals surface area contributed by atoms with Crippen LogP contribution in [0.3, 0.4) is 0 Å². The molecule has 0 saturated heterocycles. The van der Waals surface area contributed by atoms with Gasteiger partial charge in [0.1, 0.15) is 17.2 Å². The highest BCUT2D eigenvalue weighted by atomic mass is 127. The van der Waals surface area contributed by atoms with Crippen molar-refractivity contribution in [3.05, 3.63) is 45.5 Å². The van der Waals surface area contributed by atoms with E-state index in [0.29, 0.717) is 12.3 Å². The average Bonchev–Trinajstić information content (AvgIpc) is 2.53. The Morgan fingerprint density at radius 3 is 1.95 bits per heavy atom. The van der Waals surface area contributed by atoms with Crippen molar-refractivity contribution >= 4 is 28.3 Å². The monoisotopic (exact) mass is 399 g/mol. The standard InChI is InChI=1S/C16H18INO3/c1-19-13-8-15(20-2)14(16(9-13)21-3)10-18-12-6-4-11(17)5-7-12/h4-9,18H,10H2,1-3H3. The summed E-state index contributed by atoms with van der Waals surface area (Å²) < 4.78 is 17.3. The molecule has 5 heteroatoms. The Hall–Kier alpha value is -1.63. The van der Waals surface area contributed by atoms with Gasteiger partial charge in [0, 0.05) is 27.9 Å². The lowest BCUT2D eigenvalue weighted by atomic mass is 10.1. The van der Waals surface area contributed by atoms with Gasteiger partial charge in [-0.1, -0.05) is 0 Å². The topological polar surface area (TPSA) is 39.7 Å². The summed E-state index contributed by atoms with van der Waals surface area (Å²) in [5.41, 5.74) is 2.01. The van der Waals surface area contributed by atoms with Crippen molar-refractivity contribution in [1.29, 1.82) is 0 Å². The van der Waals surface area contributed by atoms with E-state index in [1.54, 1.807) is 21.3 Å². The molecule has 2 aromatic carbocycles. The van der Waals surface area contributed by atoms with Gasteiger partial charge in [-0.05, 0) is 46.9 Å². The third-order valence-electron chi connectivity index (χ3n) is 3.13. The number of benzene rings is 2. The molecule has 2 rings (SSSR count). The number of rotatable bonds is 6. The van der Waals surface area contributed by atoms with Crippen molar-refractivity contribution in [2.75, 3.05) is 26.6 Å². The van der Waals surface area contributed by atoms with Crippen LogP contribution in [0.2, 0.25) is 0 Å². The Morgan fingerprint density at radius 2 is 1.48 bits per heavy atom. The highest BCUT2D eigenvalue weighted by molar-refractivity contribution is 14.1. The van der Waals surface area contributed by atoms with Crippen LogP contribution in [0.25, 0.3) is 0 Å². The summed E-state index contributed by atoms with van der Waals surface area (Å²) in [6.45, 7) is 0.608. The highest BCUT2D eigenvalue weighted by Crippen LogP contribution is 2.34. The van der Waals surface area contributed by atoms with Crippen LogP contribution in [0.15, 0.2) is 36.4 Å². The van der Waals surface area contributed by atoms with E-state index in [-0.39, 0.29) is 0 Å². The van der Waals surface area contributed by atoms with Gasteiger partial charge in [-0.25, -0.2) is 0 Å². The molecule has 0 bridgehead atoms. The first-order valence-corrected chi connectivity index (χ1v) is 7.54. The summed E-state index contributed by atoms with van der Waals surface area (Å²) in [4.78, 5) is 0. The molecule has 21 heavy (non-hydrogen) atoms. The molecule has 0 spiro atoms. The van der Waals surface area contributed by atoms with E-state index in [4.69, 9.17) is 14.2 Å². The zero-order chi connectivity index (χ0) is 15.2. The summed E-state index contributed by atoms with van der Waals surface area (Å²) >= 11 is 2.29. The highest BCUT2D eigenvalue weighted by Gasteiger charge is 2.13. The largest absolute Gasteiger partial charge is 0.496 e. The molecule has 112 valence electrons. The number of nitrogens with one attached hydrogen (secondary N) is 1. The van der Waals surface area contributed by atoms with Crippen LogP contribution in [0.5, 0.6) is 17.2 Å². The van der Waals surface area contributed by atoms with Gasteiger partial charge in [-0.2, -0.15) is 0 Å². The average molecular weight is 399 g/mol. The second-order valence-corrected chi connectivity index (χ2v) is 5.62. The van der Waals surface area contributed by atoms with E-state index in [9.17, 15) is 0 Å². The molecular formula is C16H18INO3. The fraction of sp³-hybridized carbons (Fsp3) is 0.250. The van der Waals surface area contributed by atoms with E-state index in [2.05, 4.69) is 40.0 Å². The molecule has 0 aromatic heterocycles. The Labute approximate surface area is 138 Å². The van der Waals surface area contributed by atoms with Gasteiger partial charge in [-0.3, -0.25) is 0 Å². The molecule has 0 atom stereocenters. The maximum Gasteiger partial charge on any atom is 0.131 e. The fourth-order valence-electron chi connectivity index (χ4n) is 2.01. The van der Waals surface area contributed by atoms with Crippen LogP contribution < -0.4 is 19.5 Å². The Bertz CT molecular complexity index is 574. The van der Waals surface area contributed by atoms with Crippen molar-refractivity contribution < 1.29 is 14.2 Å². The maximum absolute atomic E-state index is 5.44. The quantitative estimate of drug-likeness (QED) is 0.748. The lowest BCUT2D eigenvalue weighted by Crippen LogP contribution is -2.04. The molecule has 0 amide bonds. The number of anilines is 1. The van der Waals surface area contributed by atoms with E-state index in [0.717, 1.165) is 22.7 Å². The first-order valence-electron chi connectivity index (χ1n) is 6.46. The Kier molecular flexibility index (Phi) is 5.55. The van der Waals surface area contributed by atoms with Crippen LogP contribution in [0.4, 0.5) is 5.69 Å². The fourth-order valence-corrected chi connectivity index (χ4v) is 2.37. The number of hydrogen-bond donors (Lipinski definition) is 1. The Morgan fingerprint density at radius 1 is 0.905 bits per heavy atom. The lowest BCUT2D eigenvalue weighted by Gasteiger charge is -2.16. The lowest BCUT2D eigenvalue weighted by molar-refractivity contribution is 0.369. The smallest absolute Gasteiger partial charge is 0.131 e. The minimum absolute atomic E-state index is 0.608. The first kappa shape index (κ1) is 15.8. The molecule has 0 aliphatic heterocycles. The van der Waals surface area contributed by atoms with Gasteiger partial charge >= 0.3 is 0 Å². The van der Waals surface area contributed by atoms with Crippen LogP contribution >= 0.6 is 22.6 Å². The second-order valence-electron chi connectivity index (χ2n) is 4.37. The van der Waals surface area contributed by atoms with Gasteiger partial charge in [-0.15, -0.1) is 0 Å². The molecule has 2 aromatic rings. The van der Waals surface area contributed by atoms with E-state index in [1.165, 1.54) is 3.57 Å². The number of ether oxygens (including phenoxy) is 3. The third kappa shape index (κ3) is 3.93. The SMILES string of the molecule is COc1cc(OC)c(CNc2ccc(I)cc2)c(OC)c1. The minimum atomic E-state index is 0.608. The van der Waals surface area contributed by atoms with Gasteiger partial charge in [0.25, 0.3) is 0 Å². The van der Waals surface area contributed by atoms with E-state index in [1.807, 2.05) is 24.3 Å². The predicted molar refractivity (Wildman–Crippen MR) is 92.6 cm³/mol. The zero-order valence-corrected chi connectivity index (χ0v) is 14.4. The van der Waals surface area contributed by atoms with Crippen LogP contribution in [0.1, 0.15) is 5.56 Å². The third-order valence-corrected chi connectivity index (χ3v) is 3.85. The zero-order valence-electron chi connectivity index (χ0n) is 12.3. The van der Waals surface area contributed by atoms with Gasteiger partial charge in [0.05, 0.1) is 26.9 Å². The Balaban J connectivity index is 2.23. The minimum Gasteiger partial charge on any atom is -0.496 e.